The van der Waals surface area contributed by atoms with E-state index in [0.29, 0.717) is 25.3 Å². The second kappa shape index (κ2) is 10.1. The highest BCUT2D eigenvalue weighted by molar-refractivity contribution is 14.0. The SMILES string of the molecule is I.NC(=NCCCC(=O)N1CCc2ccccc21)Nc1cccc2c1CCCC2. The number of nitrogens with zero attached hydrogens (tertiary/aromatic N) is 2. The van der Waals surface area contributed by atoms with Gasteiger partial charge >= 0.3 is 0 Å². The number of rotatable bonds is 5. The van der Waals surface area contributed by atoms with E-state index < -0.39 is 0 Å². The number of hydrogen-bond donors (Lipinski definition) is 2. The number of aliphatic imine (C=N–C) groups is 1. The number of fused-ring (bicyclic) bond motifs is 2. The minimum absolute atomic E-state index is 0. The smallest absolute Gasteiger partial charge is 0.227 e. The summed E-state index contributed by atoms with van der Waals surface area (Å²) in [5, 5.41) is 3.26. The summed E-state index contributed by atoms with van der Waals surface area (Å²) < 4.78 is 0. The first-order chi connectivity index (χ1) is 13.7. The molecule has 0 saturated carbocycles. The molecule has 1 aliphatic heterocycles. The third kappa shape index (κ3) is 5.10. The van der Waals surface area contributed by atoms with Crippen molar-refractivity contribution < 1.29 is 4.79 Å². The summed E-state index contributed by atoms with van der Waals surface area (Å²) in [6.45, 7) is 1.33. The van der Waals surface area contributed by atoms with E-state index in [1.807, 2.05) is 23.1 Å². The van der Waals surface area contributed by atoms with E-state index in [2.05, 4.69) is 34.6 Å². The van der Waals surface area contributed by atoms with Crippen LogP contribution in [0, 0.1) is 0 Å². The second-order valence-corrected chi connectivity index (χ2v) is 7.57. The van der Waals surface area contributed by atoms with Gasteiger partial charge in [-0.2, -0.15) is 0 Å². The Kier molecular flexibility index (Phi) is 7.52. The average molecular weight is 504 g/mol. The van der Waals surface area contributed by atoms with Crippen LogP contribution in [-0.2, 0) is 24.1 Å². The van der Waals surface area contributed by atoms with E-state index >= 15 is 0 Å². The number of nitrogens with one attached hydrogen (secondary N) is 1. The minimum Gasteiger partial charge on any atom is -0.370 e. The highest BCUT2D eigenvalue weighted by Crippen LogP contribution is 2.29. The Bertz CT molecular complexity index is 896. The largest absolute Gasteiger partial charge is 0.370 e. The molecule has 6 heteroatoms. The second-order valence-electron chi connectivity index (χ2n) is 7.57. The highest BCUT2D eigenvalue weighted by Gasteiger charge is 2.23. The van der Waals surface area contributed by atoms with Crippen molar-refractivity contribution in [3.05, 3.63) is 59.2 Å². The van der Waals surface area contributed by atoms with Crippen molar-refractivity contribution >= 4 is 47.2 Å². The van der Waals surface area contributed by atoms with E-state index in [0.717, 1.165) is 37.2 Å². The molecule has 5 nitrogen and oxygen atoms in total. The van der Waals surface area contributed by atoms with Gasteiger partial charge in [0.25, 0.3) is 0 Å². The molecular weight excluding hydrogens is 475 g/mol. The van der Waals surface area contributed by atoms with Crippen molar-refractivity contribution in [1.82, 2.24) is 0 Å². The van der Waals surface area contributed by atoms with Crippen molar-refractivity contribution in [2.75, 3.05) is 23.3 Å². The lowest BCUT2D eigenvalue weighted by molar-refractivity contribution is -0.118. The summed E-state index contributed by atoms with van der Waals surface area (Å²) in [7, 11) is 0. The van der Waals surface area contributed by atoms with E-state index in [1.165, 1.54) is 29.5 Å². The molecule has 2 aliphatic rings. The van der Waals surface area contributed by atoms with Gasteiger partial charge in [-0.1, -0.05) is 30.3 Å². The lowest BCUT2D eigenvalue weighted by atomic mass is 9.90. The summed E-state index contributed by atoms with van der Waals surface area (Å²) in [5.74, 6) is 0.599. The van der Waals surface area contributed by atoms with Crippen LogP contribution < -0.4 is 16.0 Å². The Balaban J connectivity index is 0.00000240. The topological polar surface area (TPSA) is 70.7 Å². The molecule has 3 N–H and O–H groups in total. The van der Waals surface area contributed by atoms with Gasteiger partial charge in [0.1, 0.15) is 0 Å². The lowest BCUT2D eigenvalue weighted by Gasteiger charge is -2.20. The molecular formula is C23H29IN4O. The van der Waals surface area contributed by atoms with Crippen LogP contribution in [0.5, 0.6) is 0 Å². The van der Waals surface area contributed by atoms with Crippen molar-refractivity contribution in [3.63, 3.8) is 0 Å². The van der Waals surface area contributed by atoms with Gasteiger partial charge in [0.05, 0.1) is 0 Å². The third-order valence-electron chi connectivity index (χ3n) is 5.68. The number of benzene rings is 2. The first-order valence-electron chi connectivity index (χ1n) is 10.3. The van der Waals surface area contributed by atoms with Crippen LogP contribution in [0.3, 0.4) is 0 Å². The molecule has 154 valence electrons. The number of nitrogens with two attached hydrogens (primary N) is 1. The van der Waals surface area contributed by atoms with Crippen LogP contribution in [0.2, 0.25) is 0 Å². The number of carbonyl (C=O) groups is 1. The fourth-order valence-corrected chi connectivity index (χ4v) is 4.24. The van der Waals surface area contributed by atoms with Crippen LogP contribution in [-0.4, -0.2) is 25.0 Å². The molecule has 2 aromatic rings. The molecule has 0 unspecified atom stereocenters. The molecule has 0 fully saturated rings. The summed E-state index contributed by atoms with van der Waals surface area (Å²) in [5.41, 5.74) is 12.3. The molecule has 0 atom stereocenters. The molecule has 1 amide bonds. The highest BCUT2D eigenvalue weighted by atomic mass is 127. The van der Waals surface area contributed by atoms with Crippen molar-refractivity contribution in [2.45, 2.75) is 44.9 Å². The molecule has 1 heterocycles. The standard InChI is InChI=1S/C23H28N4O.HI/c24-23(26-20-11-5-9-17-7-1-3-10-19(17)20)25-15-6-13-22(28)27-16-14-18-8-2-4-12-21(18)27;/h2,4-5,8-9,11-12H,1,3,6-7,10,13-16H2,(H3,24,25,26);1H. The van der Waals surface area contributed by atoms with Gasteiger partial charge in [-0.05, 0) is 67.3 Å². The molecule has 0 spiro atoms. The van der Waals surface area contributed by atoms with E-state index in [4.69, 9.17) is 5.73 Å². The summed E-state index contributed by atoms with van der Waals surface area (Å²) in [6, 6.07) is 14.5. The van der Waals surface area contributed by atoms with Gasteiger partial charge in [-0.25, -0.2) is 0 Å². The molecule has 0 radical (unpaired) electrons. The zero-order valence-corrected chi connectivity index (χ0v) is 19.0. The Morgan fingerprint density at radius 3 is 2.72 bits per heavy atom. The summed E-state index contributed by atoms with van der Waals surface area (Å²) >= 11 is 0. The zero-order chi connectivity index (χ0) is 19.3. The average Bonchev–Trinajstić information content (AvgIpc) is 3.16. The minimum atomic E-state index is 0. The molecule has 2 aromatic carbocycles. The van der Waals surface area contributed by atoms with Gasteiger partial charge in [-0.15, -0.1) is 24.0 Å². The molecule has 29 heavy (non-hydrogen) atoms. The van der Waals surface area contributed by atoms with Crippen molar-refractivity contribution in [2.24, 2.45) is 10.7 Å². The number of guanidine groups is 1. The Morgan fingerprint density at radius 2 is 1.83 bits per heavy atom. The Hall–Kier alpha value is -2.09. The zero-order valence-electron chi connectivity index (χ0n) is 16.7. The maximum Gasteiger partial charge on any atom is 0.227 e. The van der Waals surface area contributed by atoms with Gasteiger partial charge in [-0.3, -0.25) is 9.79 Å². The van der Waals surface area contributed by atoms with Crippen LogP contribution in [0.15, 0.2) is 47.5 Å². The summed E-state index contributed by atoms with van der Waals surface area (Å²) in [6.07, 6.45) is 6.86. The fraction of sp³-hybridized carbons (Fsp3) is 0.391. The van der Waals surface area contributed by atoms with Gasteiger partial charge in [0, 0.05) is 30.9 Å². The Labute approximate surface area is 189 Å². The van der Waals surface area contributed by atoms with E-state index in [1.54, 1.807) is 0 Å². The number of hydrogen-bond acceptors (Lipinski definition) is 2. The number of aryl methyl sites for hydroxylation is 1. The quantitative estimate of drug-likeness (QED) is 0.277. The van der Waals surface area contributed by atoms with E-state index in [-0.39, 0.29) is 29.9 Å². The maximum absolute atomic E-state index is 12.5. The van der Waals surface area contributed by atoms with Crippen LogP contribution in [0.25, 0.3) is 0 Å². The molecule has 0 saturated heterocycles. The fourth-order valence-electron chi connectivity index (χ4n) is 4.24. The van der Waals surface area contributed by atoms with Crippen LogP contribution in [0.1, 0.15) is 42.4 Å². The molecule has 0 aromatic heterocycles. The van der Waals surface area contributed by atoms with E-state index in [9.17, 15) is 4.79 Å². The van der Waals surface area contributed by atoms with Crippen molar-refractivity contribution in [3.8, 4) is 0 Å². The molecule has 0 bridgehead atoms. The molecule has 4 rings (SSSR count). The first kappa shape index (κ1) is 21.6. The number of halogens is 1. The number of para-hydroxylation sites is 1. The predicted octanol–water partition coefficient (Wildman–Crippen LogP) is 4.28. The van der Waals surface area contributed by atoms with Crippen LogP contribution >= 0.6 is 24.0 Å². The lowest BCUT2D eigenvalue weighted by Crippen LogP contribution is -2.29. The number of amides is 1. The predicted molar refractivity (Wildman–Crippen MR) is 130 cm³/mol. The van der Waals surface area contributed by atoms with Gasteiger partial charge in [0.2, 0.25) is 5.91 Å². The maximum atomic E-state index is 12.5. The third-order valence-corrected chi connectivity index (χ3v) is 5.68. The first-order valence-corrected chi connectivity index (χ1v) is 10.3. The Morgan fingerprint density at radius 1 is 1.03 bits per heavy atom. The van der Waals surface area contributed by atoms with Gasteiger partial charge in [0.15, 0.2) is 5.96 Å². The number of anilines is 2. The van der Waals surface area contributed by atoms with Crippen LogP contribution in [0.4, 0.5) is 11.4 Å². The normalized spacial score (nSPS) is 15.3. The number of carbonyl (C=O) groups excluding carboxylic acids is 1. The van der Waals surface area contributed by atoms with Crippen molar-refractivity contribution in [1.29, 1.82) is 0 Å². The molecule has 1 aliphatic carbocycles. The monoisotopic (exact) mass is 504 g/mol. The van der Waals surface area contributed by atoms with Gasteiger partial charge < -0.3 is 16.0 Å². The summed E-state index contributed by atoms with van der Waals surface area (Å²) in [4.78, 5) is 18.9.